The number of halogens is 1. The van der Waals surface area contributed by atoms with E-state index in [1.165, 1.54) is 6.42 Å². The topological polar surface area (TPSA) is 41.9 Å². The number of hydrazone groups is 1. The smallest absolute Gasteiger partial charge is 0.243 e. The molecule has 0 atom stereocenters. The molecule has 4 nitrogen and oxygen atoms in total. The van der Waals surface area contributed by atoms with Crippen LogP contribution in [-0.4, -0.2) is 22.5 Å². The number of hydrogen-bond donors (Lipinski definition) is 0. The summed E-state index contributed by atoms with van der Waals surface area (Å²) in [4.78, 5) is 11.9. The minimum Gasteiger partial charge on any atom is -0.447 e. The largest absolute Gasteiger partial charge is 0.447 e. The van der Waals surface area contributed by atoms with Gasteiger partial charge >= 0.3 is 0 Å². The summed E-state index contributed by atoms with van der Waals surface area (Å²) < 4.78 is 7.14. The Balaban J connectivity index is 1.92. The van der Waals surface area contributed by atoms with Crippen LogP contribution < -0.4 is 0 Å². The highest BCUT2D eigenvalue weighted by atomic mass is 79.9. The van der Waals surface area contributed by atoms with Crippen molar-refractivity contribution in [2.45, 2.75) is 44.8 Å². The molecule has 106 valence electrons. The lowest BCUT2D eigenvalue weighted by molar-refractivity contribution is -0.151. The number of hydrogen-bond acceptors (Lipinski definition) is 3. The molecule has 1 saturated carbocycles. The zero-order valence-corrected chi connectivity index (χ0v) is 13.0. The molecular formula is C15H17BrN2O2. The summed E-state index contributed by atoms with van der Waals surface area (Å²) in [5.41, 5.74) is 0.355. The van der Waals surface area contributed by atoms with E-state index in [2.05, 4.69) is 21.0 Å². The van der Waals surface area contributed by atoms with Crippen molar-refractivity contribution >= 4 is 27.7 Å². The fraction of sp³-hybridized carbons (Fsp3) is 0.467. The fourth-order valence-corrected chi connectivity index (χ4v) is 3.17. The lowest BCUT2D eigenvalue weighted by Crippen LogP contribution is -2.48. The summed E-state index contributed by atoms with van der Waals surface area (Å²) in [6.45, 7) is 1.55. The third kappa shape index (κ3) is 2.35. The highest BCUT2D eigenvalue weighted by Gasteiger charge is 2.47. The number of carbonyl (C=O) groups is 1. The Morgan fingerprint density at radius 3 is 2.50 bits per heavy atom. The summed E-state index contributed by atoms with van der Waals surface area (Å²) in [5, 5.41) is 5.97. The summed E-state index contributed by atoms with van der Waals surface area (Å²) in [6, 6.07) is 7.79. The van der Waals surface area contributed by atoms with Crippen LogP contribution in [0, 0.1) is 0 Å². The second kappa shape index (κ2) is 5.20. The first-order valence-electron chi connectivity index (χ1n) is 6.95. The van der Waals surface area contributed by atoms with Gasteiger partial charge in [0.05, 0.1) is 0 Å². The van der Waals surface area contributed by atoms with Gasteiger partial charge in [-0.05, 0) is 37.1 Å². The molecule has 0 saturated heterocycles. The normalized spacial score (nSPS) is 20.7. The molecule has 1 aromatic rings. The van der Waals surface area contributed by atoms with Gasteiger partial charge in [0, 0.05) is 29.8 Å². The van der Waals surface area contributed by atoms with Crippen LogP contribution in [-0.2, 0) is 9.53 Å². The molecule has 0 radical (unpaired) electrons. The second-order valence-corrected chi connectivity index (χ2v) is 6.27. The predicted molar refractivity (Wildman–Crippen MR) is 80.1 cm³/mol. The van der Waals surface area contributed by atoms with Gasteiger partial charge in [-0.2, -0.15) is 5.01 Å². The van der Waals surface area contributed by atoms with E-state index >= 15 is 0 Å². The van der Waals surface area contributed by atoms with Gasteiger partial charge in [-0.15, -0.1) is 5.10 Å². The molecule has 0 aromatic heterocycles. The second-order valence-electron chi connectivity index (χ2n) is 5.35. The maximum atomic E-state index is 11.9. The zero-order chi connectivity index (χ0) is 14.2. The number of nitrogens with zero attached hydrogens (tertiary/aromatic N) is 2. The Bertz CT molecular complexity index is 547. The van der Waals surface area contributed by atoms with E-state index in [1.807, 2.05) is 24.3 Å². The molecule has 0 bridgehead atoms. The third-order valence-electron chi connectivity index (χ3n) is 3.89. The molecule has 5 heteroatoms. The minimum atomic E-state index is -0.549. The van der Waals surface area contributed by atoms with Crippen molar-refractivity contribution in [1.82, 2.24) is 5.01 Å². The molecule has 1 aromatic carbocycles. The zero-order valence-electron chi connectivity index (χ0n) is 11.4. The van der Waals surface area contributed by atoms with Crippen LogP contribution in [0.15, 0.2) is 33.8 Å². The minimum absolute atomic E-state index is 0.0565. The molecule has 1 spiro atoms. The Morgan fingerprint density at radius 2 is 1.90 bits per heavy atom. The molecule has 0 N–H and O–H groups in total. The molecule has 1 heterocycles. The first-order valence-corrected chi connectivity index (χ1v) is 7.74. The molecule has 1 fully saturated rings. The summed E-state index contributed by atoms with van der Waals surface area (Å²) in [5.74, 6) is 0.494. The Kier molecular flexibility index (Phi) is 3.54. The van der Waals surface area contributed by atoms with E-state index in [4.69, 9.17) is 4.74 Å². The lowest BCUT2D eigenvalue weighted by Gasteiger charge is -2.37. The first-order chi connectivity index (χ1) is 9.61. The van der Waals surface area contributed by atoms with Crippen LogP contribution in [0.25, 0.3) is 0 Å². The van der Waals surface area contributed by atoms with Crippen molar-refractivity contribution < 1.29 is 9.53 Å². The molecule has 1 aliphatic carbocycles. The van der Waals surface area contributed by atoms with Gasteiger partial charge in [-0.25, -0.2) is 0 Å². The van der Waals surface area contributed by atoms with E-state index < -0.39 is 5.72 Å². The van der Waals surface area contributed by atoms with Gasteiger partial charge in [-0.3, -0.25) is 4.79 Å². The average Bonchev–Trinajstić information content (AvgIpc) is 2.80. The van der Waals surface area contributed by atoms with Gasteiger partial charge in [0.25, 0.3) is 0 Å². The Morgan fingerprint density at radius 1 is 1.25 bits per heavy atom. The highest BCUT2D eigenvalue weighted by molar-refractivity contribution is 9.10. The van der Waals surface area contributed by atoms with Gasteiger partial charge in [0.2, 0.25) is 17.5 Å². The van der Waals surface area contributed by atoms with Crippen molar-refractivity contribution in [2.75, 3.05) is 0 Å². The van der Waals surface area contributed by atoms with Crippen LogP contribution in [0.2, 0.25) is 0 Å². The summed E-state index contributed by atoms with van der Waals surface area (Å²) >= 11 is 3.41. The first kappa shape index (κ1) is 13.6. The van der Waals surface area contributed by atoms with Crippen molar-refractivity contribution in [3.8, 4) is 0 Å². The number of benzene rings is 1. The van der Waals surface area contributed by atoms with Gasteiger partial charge < -0.3 is 4.74 Å². The van der Waals surface area contributed by atoms with Crippen molar-refractivity contribution in [3.63, 3.8) is 0 Å². The van der Waals surface area contributed by atoms with Crippen LogP contribution in [0.3, 0.4) is 0 Å². The van der Waals surface area contributed by atoms with E-state index in [0.29, 0.717) is 5.90 Å². The molecule has 1 aliphatic heterocycles. The van der Waals surface area contributed by atoms with E-state index in [9.17, 15) is 4.79 Å². The van der Waals surface area contributed by atoms with Crippen molar-refractivity contribution in [2.24, 2.45) is 5.10 Å². The molecule has 3 rings (SSSR count). The predicted octanol–water partition coefficient (Wildman–Crippen LogP) is 3.65. The maximum absolute atomic E-state index is 11.9. The number of amides is 1. The number of carbonyl (C=O) groups excluding carboxylic acids is 1. The third-order valence-corrected chi connectivity index (χ3v) is 4.42. The molecular weight excluding hydrogens is 320 g/mol. The Labute approximate surface area is 126 Å². The standard InChI is InChI=1S/C15H17BrN2O2/c1-11(19)18-15(9-3-2-4-10-15)20-14(17-18)12-5-7-13(16)8-6-12/h5-8H,2-4,9-10H2,1H3. The summed E-state index contributed by atoms with van der Waals surface area (Å²) in [7, 11) is 0. The van der Waals surface area contributed by atoms with Crippen LogP contribution in [0.5, 0.6) is 0 Å². The van der Waals surface area contributed by atoms with Crippen LogP contribution >= 0.6 is 15.9 Å². The molecule has 20 heavy (non-hydrogen) atoms. The van der Waals surface area contributed by atoms with E-state index in [0.717, 1.165) is 35.7 Å². The molecule has 0 unspecified atom stereocenters. The Hall–Kier alpha value is -1.36. The van der Waals surface area contributed by atoms with E-state index in [1.54, 1.807) is 11.9 Å². The monoisotopic (exact) mass is 336 g/mol. The fourth-order valence-electron chi connectivity index (χ4n) is 2.91. The van der Waals surface area contributed by atoms with Crippen LogP contribution in [0.4, 0.5) is 0 Å². The summed E-state index contributed by atoms with van der Waals surface area (Å²) in [6.07, 6.45) is 5.07. The highest BCUT2D eigenvalue weighted by Crippen LogP contribution is 2.39. The van der Waals surface area contributed by atoms with Gasteiger partial charge in [0.1, 0.15) is 0 Å². The van der Waals surface area contributed by atoms with E-state index in [-0.39, 0.29) is 5.91 Å². The van der Waals surface area contributed by atoms with Crippen molar-refractivity contribution in [1.29, 1.82) is 0 Å². The molecule has 2 aliphatic rings. The lowest BCUT2D eigenvalue weighted by atomic mass is 9.91. The van der Waals surface area contributed by atoms with Gasteiger partial charge in [0.15, 0.2) is 0 Å². The average molecular weight is 337 g/mol. The van der Waals surface area contributed by atoms with Crippen molar-refractivity contribution in [3.05, 3.63) is 34.3 Å². The number of rotatable bonds is 1. The molecule has 1 amide bonds. The van der Waals surface area contributed by atoms with Gasteiger partial charge in [-0.1, -0.05) is 22.4 Å². The SMILES string of the molecule is CC(=O)N1N=C(c2ccc(Br)cc2)OC12CCCCC2. The quantitative estimate of drug-likeness (QED) is 0.785. The maximum Gasteiger partial charge on any atom is 0.243 e. The number of ether oxygens (including phenoxy) is 1. The van der Waals surface area contributed by atoms with Crippen LogP contribution in [0.1, 0.15) is 44.6 Å².